The molecule has 1 amide bonds. The van der Waals surface area contributed by atoms with Gasteiger partial charge in [-0.2, -0.15) is 0 Å². The molecule has 0 saturated carbocycles. The topological polar surface area (TPSA) is 65.5 Å². The zero-order chi connectivity index (χ0) is 17.6. The zero-order valence-electron chi connectivity index (χ0n) is 14.6. The molecule has 2 N–H and O–H groups in total. The summed E-state index contributed by atoms with van der Waals surface area (Å²) in [5.74, 6) is -0.0334. The molecule has 1 fully saturated rings. The van der Waals surface area contributed by atoms with Gasteiger partial charge in [-0.25, -0.2) is 0 Å². The minimum atomic E-state index is -0.901. The third-order valence-corrected chi connectivity index (χ3v) is 4.69. The summed E-state index contributed by atoms with van der Waals surface area (Å²) in [6, 6.07) is 11.0. The lowest BCUT2D eigenvalue weighted by Crippen LogP contribution is -2.48. The predicted molar refractivity (Wildman–Crippen MR) is 96.8 cm³/mol. The van der Waals surface area contributed by atoms with Gasteiger partial charge in [-0.3, -0.25) is 15.1 Å². The molecule has 0 spiro atoms. The van der Waals surface area contributed by atoms with Crippen LogP contribution in [0, 0.1) is 6.92 Å². The Morgan fingerprint density at radius 1 is 1.16 bits per heavy atom. The maximum absolute atomic E-state index is 12.9. The normalized spacial score (nSPS) is 16.6. The molecule has 1 saturated heterocycles. The third kappa shape index (κ3) is 4.44. The number of hydrogen-bond acceptors (Lipinski definition) is 4. The van der Waals surface area contributed by atoms with Crippen LogP contribution in [0.15, 0.2) is 48.8 Å². The van der Waals surface area contributed by atoms with E-state index in [4.69, 9.17) is 0 Å². The Morgan fingerprint density at radius 3 is 2.44 bits per heavy atom. The number of aliphatic hydroxyl groups is 1. The Bertz CT molecular complexity index is 682. The first-order valence-electron chi connectivity index (χ1n) is 8.81. The van der Waals surface area contributed by atoms with Crippen molar-refractivity contribution in [2.45, 2.75) is 38.5 Å². The maximum Gasteiger partial charge on any atom is 0.242 e. The smallest absolute Gasteiger partial charge is 0.242 e. The molecule has 0 aliphatic carbocycles. The molecule has 1 aromatic heterocycles. The van der Waals surface area contributed by atoms with Crippen LogP contribution in [-0.4, -0.2) is 40.0 Å². The molecule has 2 aromatic rings. The molecule has 1 aliphatic rings. The standard InChI is InChI=1S/C20H25N3O2/c1-15-4-6-16(7-5-15)14-22-18(20(25)23-12-2-3-13-23)19(24)17-8-10-21-11-9-17/h4-11,18-19,22,24H,2-3,12-14H2,1H3. The highest BCUT2D eigenvalue weighted by molar-refractivity contribution is 5.83. The Morgan fingerprint density at radius 2 is 1.80 bits per heavy atom. The average Bonchev–Trinajstić information content (AvgIpc) is 3.18. The summed E-state index contributed by atoms with van der Waals surface area (Å²) < 4.78 is 0. The average molecular weight is 339 g/mol. The second kappa shape index (κ2) is 8.23. The predicted octanol–water partition coefficient (Wildman–Crippen LogP) is 2.20. The summed E-state index contributed by atoms with van der Waals surface area (Å²) in [5, 5.41) is 14.1. The summed E-state index contributed by atoms with van der Waals surface area (Å²) in [5.41, 5.74) is 2.99. The molecule has 2 atom stereocenters. The van der Waals surface area contributed by atoms with Gasteiger partial charge in [0.25, 0.3) is 0 Å². The van der Waals surface area contributed by atoms with Gasteiger partial charge in [-0.1, -0.05) is 29.8 Å². The Hall–Kier alpha value is -2.24. The molecule has 25 heavy (non-hydrogen) atoms. The van der Waals surface area contributed by atoms with E-state index in [1.54, 1.807) is 24.5 Å². The second-order valence-corrected chi connectivity index (χ2v) is 6.60. The fraction of sp³-hybridized carbons (Fsp3) is 0.400. The van der Waals surface area contributed by atoms with E-state index in [0.717, 1.165) is 31.5 Å². The molecule has 5 nitrogen and oxygen atoms in total. The van der Waals surface area contributed by atoms with Gasteiger partial charge >= 0.3 is 0 Å². The van der Waals surface area contributed by atoms with Crippen molar-refractivity contribution in [1.29, 1.82) is 0 Å². The van der Waals surface area contributed by atoms with Gasteiger partial charge < -0.3 is 10.0 Å². The second-order valence-electron chi connectivity index (χ2n) is 6.60. The number of pyridine rings is 1. The number of benzene rings is 1. The number of nitrogens with one attached hydrogen (secondary N) is 1. The van der Waals surface area contributed by atoms with Crippen LogP contribution < -0.4 is 5.32 Å². The summed E-state index contributed by atoms with van der Waals surface area (Å²) >= 11 is 0. The first-order chi connectivity index (χ1) is 12.1. The largest absolute Gasteiger partial charge is 0.386 e. The fourth-order valence-electron chi connectivity index (χ4n) is 3.16. The number of aliphatic hydroxyl groups excluding tert-OH is 1. The van der Waals surface area contributed by atoms with E-state index in [1.165, 1.54) is 5.56 Å². The van der Waals surface area contributed by atoms with Crippen molar-refractivity contribution in [2.75, 3.05) is 13.1 Å². The monoisotopic (exact) mass is 339 g/mol. The lowest BCUT2D eigenvalue weighted by Gasteiger charge is -2.28. The number of carbonyl (C=O) groups is 1. The van der Waals surface area contributed by atoms with Crippen molar-refractivity contribution in [1.82, 2.24) is 15.2 Å². The molecule has 1 aromatic carbocycles. The lowest BCUT2D eigenvalue weighted by atomic mass is 10.0. The van der Waals surface area contributed by atoms with E-state index < -0.39 is 12.1 Å². The molecule has 3 rings (SSSR count). The van der Waals surface area contributed by atoms with E-state index in [0.29, 0.717) is 12.1 Å². The van der Waals surface area contributed by atoms with Crippen molar-refractivity contribution in [2.24, 2.45) is 0 Å². The first kappa shape index (κ1) is 17.6. The van der Waals surface area contributed by atoms with E-state index >= 15 is 0 Å². The highest BCUT2D eigenvalue weighted by Crippen LogP contribution is 2.20. The van der Waals surface area contributed by atoms with Crippen LogP contribution >= 0.6 is 0 Å². The third-order valence-electron chi connectivity index (χ3n) is 4.69. The zero-order valence-corrected chi connectivity index (χ0v) is 14.6. The SMILES string of the molecule is Cc1ccc(CNC(C(=O)N2CCCC2)C(O)c2ccncc2)cc1. The van der Waals surface area contributed by atoms with Gasteiger partial charge in [-0.15, -0.1) is 0 Å². The summed E-state index contributed by atoms with van der Waals surface area (Å²) in [7, 11) is 0. The number of hydrogen-bond donors (Lipinski definition) is 2. The molecular weight excluding hydrogens is 314 g/mol. The van der Waals surface area contributed by atoms with Gasteiger partial charge in [0.2, 0.25) is 5.91 Å². The maximum atomic E-state index is 12.9. The molecule has 1 aliphatic heterocycles. The molecule has 2 heterocycles. The minimum Gasteiger partial charge on any atom is -0.386 e. The Kier molecular flexibility index (Phi) is 5.79. The lowest BCUT2D eigenvalue weighted by molar-refractivity contribution is -0.135. The van der Waals surface area contributed by atoms with Gasteiger partial charge in [-0.05, 0) is 43.0 Å². The highest BCUT2D eigenvalue weighted by Gasteiger charge is 2.32. The van der Waals surface area contributed by atoms with Crippen LogP contribution in [0.5, 0.6) is 0 Å². The van der Waals surface area contributed by atoms with Gasteiger partial charge in [0.05, 0.1) is 0 Å². The van der Waals surface area contributed by atoms with Gasteiger partial charge in [0.1, 0.15) is 12.1 Å². The van der Waals surface area contributed by atoms with Crippen LogP contribution in [0.25, 0.3) is 0 Å². The van der Waals surface area contributed by atoms with Gasteiger partial charge in [0.15, 0.2) is 0 Å². The number of amides is 1. The van der Waals surface area contributed by atoms with Crippen molar-refractivity contribution >= 4 is 5.91 Å². The summed E-state index contributed by atoms with van der Waals surface area (Å²) in [6.07, 6.45) is 4.43. The van der Waals surface area contributed by atoms with Crippen molar-refractivity contribution < 1.29 is 9.90 Å². The molecule has 0 radical (unpaired) electrons. The van der Waals surface area contributed by atoms with E-state index in [-0.39, 0.29) is 5.91 Å². The van der Waals surface area contributed by atoms with Crippen LogP contribution in [0.4, 0.5) is 0 Å². The van der Waals surface area contributed by atoms with Crippen molar-refractivity contribution in [3.63, 3.8) is 0 Å². The highest BCUT2D eigenvalue weighted by atomic mass is 16.3. The van der Waals surface area contributed by atoms with E-state index in [9.17, 15) is 9.90 Å². The Balaban J connectivity index is 1.75. The number of rotatable bonds is 6. The number of aryl methyl sites for hydroxylation is 1. The minimum absolute atomic E-state index is 0.0334. The van der Waals surface area contributed by atoms with Crippen molar-refractivity contribution in [3.05, 3.63) is 65.5 Å². The molecular formula is C20H25N3O2. The number of likely N-dealkylation sites (tertiary alicyclic amines) is 1. The molecule has 5 heteroatoms. The first-order valence-corrected chi connectivity index (χ1v) is 8.81. The Labute approximate surface area is 148 Å². The quantitative estimate of drug-likeness (QED) is 0.847. The van der Waals surface area contributed by atoms with E-state index in [1.807, 2.05) is 36.1 Å². The number of nitrogens with zero attached hydrogens (tertiary/aromatic N) is 2. The van der Waals surface area contributed by atoms with Gasteiger partial charge in [0, 0.05) is 32.0 Å². The van der Waals surface area contributed by atoms with Crippen molar-refractivity contribution in [3.8, 4) is 0 Å². The van der Waals surface area contributed by atoms with E-state index in [2.05, 4.69) is 10.3 Å². The summed E-state index contributed by atoms with van der Waals surface area (Å²) in [6.45, 7) is 4.12. The van der Waals surface area contributed by atoms with Crippen LogP contribution in [-0.2, 0) is 11.3 Å². The van der Waals surface area contributed by atoms with Crippen LogP contribution in [0.1, 0.15) is 35.6 Å². The number of carbonyl (C=O) groups excluding carboxylic acids is 1. The van der Waals surface area contributed by atoms with Crippen LogP contribution in [0.3, 0.4) is 0 Å². The van der Waals surface area contributed by atoms with Crippen LogP contribution in [0.2, 0.25) is 0 Å². The number of aromatic nitrogens is 1. The fourth-order valence-corrected chi connectivity index (χ4v) is 3.16. The molecule has 2 unspecified atom stereocenters. The molecule has 132 valence electrons. The summed E-state index contributed by atoms with van der Waals surface area (Å²) in [4.78, 5) is 18.8. The molecule has 0 bridgehead atoms.